The zero-order valence-corrected chi connectivity index (χ0v) is 16.2. The van der Waals surface area contributed by atoms with Crippen LogP contribution in [-0.2, 0) is 6.18 Å². The van der Waals surface area contributed by atoms with Gasteiger partial charge in [0, 0.05) is 23.7 Å². The molecule has 30 heavy (non-hydrogen) atoms. The lowest BCUT2D eigenvalue weighted by Gasteiger charge is -2.13. The van der Waals surface area contributed by atoms with Crippen LogP contribution in [0, 0.1) is 0 Å². The van der Waals surface area contributed by atoms with E-state index in [1.54, 1.807) is 30.3 Å². The number of amides is 2. The summed E-state index contributed by atoms with van der Waals surface area (Å²) in [5.74, 6) is -1.30. The molecule has 2 N–H and O–H groups in total. The third kappa shape index (κ3) is 4.98. The number of hydrogen-bond donors (Lipinski definition) is 2. The van der Waals surface area contributed by atoms with Crippen molar-refractivity contribution in [3.63, 3.8) is 0 Å². The van der Waals surface area contributed by atoms with Crippen molar-refractivity contribution < 1.29 is 22.8 Å². The number of hydrogen-bond acceptors (Lipinski definition) is 3. The van der Waals surface area contributed by atoms with Crippen molar-refractivity contribution in [2.45, 2.75) is 6.18 Å². The predicted octanol–water partition coefficient (Wildman–Crippen LogP) is 3.70. The van der Waals surface area contributed by atoms with Crippen LogP contribution in [0.2, 0.25) is 5.02 Å². The Kier molecular flexibility index (Phi) is 6.41. The van der Waals surface area contributed by atoms with E-state index in [-0.39, 0.29) is 24.7 Å². The maximum atomic E-state index is 13.6. The van der Waals surface area contributed by atoms with Crippen molar-refractivity contribution in [3.05, 3.63) is 82.6 Å². The Hall–Kier alpha value is -3.33. The third-order valence-corrected chi connectivity index (χ3v) is 4.34. The highest BCUT2D eigenvalue weighted by Gasteiger charge is 2.40. The van der Waals surface area contributed by atoms with Crippen LogP contribution < -0.4 is 10.6 Å². The SMILES string of the molecule is O=C(NCCNC(=O)c1cnn(-c2ccc(Cl)cc2)c1C(F)(F)F)c1ccccc1. The van der Waals surface area contributed by atoms with Gasteiger partial charge in [-0.3, -0.25) is 9.59 Å². The summed E-state index contributed by atoms with van der Waals surface area (Å²) in [5, 5.41) is 9.02. The molecule has 0 atom stereocenters. The van der Waals surface area contributed by atoms with Gasteiger partial charge in [0.15, 0.2) is 5.69 Å². The van der Waals surface area contributed by atoms with E-state index in [0.29, 0.717) is 15.3 Å². The van der Waals surface area contributed by atoms with E-state index in [1.807, 2.05) is 0 Å². The van der Waals surface area contributed by atoms with Crippen molar-refractivity contribution >= 4 is 23.4 Å². The van der Waals surface area contributed by atoms with Gasteiger partial charge in [-0.25, -0.2) is 4.68 Å². The Morgan fingerprint density at radius 3 is 2.13 bits per heavy atom. The zero-order chi connectivity index (χ0) is 21.7. The molecule has 0 saturated heterocycles. The van der Waals surface area contributed by atoms with E-state index in [9.17, 15) is 22.8 Å². The summed E-state index contributed by atoms with van der Waals surface area (Å²) in [7, 11) is 0. The molecule has 2 aromatic carbocycles. The van der Waals surface area contributed by atoms with Crippen LogP contribution in [0.4, 0.5) is 13.2 Å². The molecule has 0 aliphatic carbocycles. The molecule has 0 spiro atoms. The molecule has 0 aliphatic rings. The van der Waals surface area contributed by atoms with Crippen molar-refractivity contribution in [2.75, 3.05) is 13.1 Å². The van der Waals surface area contributed by atoms with Crippen LogP contribution in [0.15, 0.2) is 60.8 Å². The molecule has 1 aromatic heterocycles. The second-order valence-electron chi connectivity index (χ2n) is 6.17. The van der Waals surface area contributed by atoms with E-state index >= 15 is 0 Å². The van der Waals surface area contributed by atoms with Crippen molar-refractivity contribution in [1.82, 2.24) is 20.4 Å². The first-order valence-corrected chi connectivity index (χ1v) is 9.18. The molecule has 6 nitrogen and oxygen atoms in total. The minimum absolute atomic E-state index is 0.0478. The number of nitrogens with zero attached hydrogens (tertiary/aromatic N) is 2. The van der Waals surface area contributed by atoms with Gasteiger partial charge in [0.1, 0.15) is 0 Å². The summed E-state index contributed by atoms with van der Waals surface area (Å²) in [6, 6.07) is 14.0. The molecule has 1 heterocycles. The maximum Gasteiger partial charge on any atom is 0.434 e. The predicted molar refractivity (Wildman–Crippen MR) is 105 cm³/mol. The Bertz CT molecular complexity index is 1030. The second-order valence-corrected chi connectivity index (χ2v) is 6.61. The number of rotatable bonds is 6. The standard InChI is InChI=1S/C20H16ClF3N4O2/c21-14-6-8-15(9-7-14)28-17(20(22,23)24)16(12-27-28)19(30)26-11-10-25-18(29)13-4-2-1-3-5-13/h1-9,12H,10-11H2,(H,25,29)(H,26,30). The third-order valence-electron chi connectivity index (χ3n) is 4.09. The lowest BCUT2D eigenvalue weighted by atomic mass is 10.2. The van der Waals surface area contributed by atoms with Gasteiger partial charge >= 0.3 is 6.18 Å². The first kappa shape index (κ1) is 21.4. The van der Waals surface area contributed by atoms with E-state index in [4.69, 9.17) is 11.6 Å². The summed E-state index contributed by atoms with van der Waals surface area (Å²) in [4.78, 5) is 24.3. The summed E-state index contributed by atoms with van der Waals surface area (Å²) in [5.41, 5.74) is -1.27. The first-order chi connectivity index (χ1) is 14.3. The molecule has 0 saturated carbocycles. The Balaban J connectivity index is 1.68. The molecule has 3 aromatic rings. The first-order valence-electron chi connectivity index (χ1n) is 8.80. The molecule has 3 rings (SSSR count). The molecule has 2 amide bonds. The molecular formula is C20H16ClF3N4O2. The lowest BCUT2D eigenvalue weighted by molar-refractivity contribution is -0.143. The van der Waals surface area contributed by atoms with E-state index in [1.165, 1.54) is 24.3 Å². The highest BCUT2D eigenvalue weighted by molar-refractivity contribution is 6.30. The summed E-state index contributed by atoms with van der Waals surface area (Å²) in [6.45, 7) is -0.00697. The molecule has 0 radical (unpaired) electrons. The van der Waals surface area contributed by atoms with Gasteiger partial charge in [0.05, 0.1) is 17.4 Å². The van der Waals surface area contributed by atoms with Gasteiger partial charge in [0.2, 0.25) is 0 Å². The van der Waals surface area contributed by atoms with Gasteiger partial charge in [-0.2, -0.15) is 18.3 Å². The minimum atomic E-state index is -4.82. The van der Waals surface area contributed by atoms with E-state index in [2.05, 4.69) is 15.7 Å². The van der Waals surface area contributed by atoms with Crippen LogP contribution in [0.5, 0.6) is 0 Å². The summed E-state index contributed by atoms with van der Waals surface area (Å²) < 4.78 is 41.5. The normalized spacial score (nSPS) is 11.2. The van der Waals surface area contributed by atoms with Crippen LogP contribution in [-0.4, -0.2) is 34.7 Å². The van der Waals surface area contributed by atoms with Gasteiger partial charge < -0.3 is 10.6 Å². The average molecular weight is 437 g/mol. The fourth-order valence-corrected chi connectivity index (χ4v) is 2.83. The number of aromatic nitrogens is 2. The van der Waals surface area contributed by atoms with Crippen molar-refractivity contribution in [3.8, 4) is 5.69 Å². The van der Waals surface area contributed by atoms with Gasteiger partial charge in [-0.1, -0.05) is 29.8 Å². The second kappa shape index (κ2) is 9.00. The molecule has 0 unspecified atom stereocenters. The number of carbonyl (C=O) groups is 2. The quantitative estimate of drug-likeness (QED) is 0.578. The molecule has 0 aliphatic heterocycles. The van der Waals surface area contributed by atoms with Crippen LogP contribution in [0.1, 0.15) is 26.4 Å². The Morgan fingerprint density at radius 2 is 1.53 bits per heavy atom. The number of benzene rings is 2. The fraction of sp³-hybridized carbons (Fsp3) is 0.150. The van der Waals surface area contributed by atoms with Crippen LogP contribution in [0.25, 0.3) is 5.69 Å². The summed E-state index contributed by atoms with van der Waals surface area (Å²) in [6.07, 6.45) is -3.96. The van der Waals surface area contributed by atoms with E-state index in [0.717, 1.165) is 6.20 Å². The zero-order valence-electron chi connectivity index (χ0n) is 15.4. The number of carbonyl (C=O) groups excluding carboxylic acids is 2. The highest BCUT2D eigenvalue weighted by atomic mass is 35.5. The largest absolute Gasteiger partial charge is 0.434 e. The van der Waals surface area contributed by atoms with Crippen molar-refractivity contribution in [2.24, 2.45) is 0 Å². The molecule has 0 bridgehead atoms. The monoisotopic (exact) mass is 436 g/mol. The van der Waals surface area contributed by atoms with Crippen LogP contribution >= 0.6 is 11.6 Å². The van der Waals surface area contributed by atoms with E-state index < -0.39 is 23.3 Å². The highest BCUT2D eigenvalue weighted by Crippen LogP contribution is 2.33. The minimum Gasteiger partial charge on any atom is -0.350 e. The molecular weight excluding hydrogens is 421 g/mol. The van der Waals surface area contributed by atoms with Gasteiger partial charge in [-0.05, 0) is 36.4 Å². The van der Waals surface area contributed by atoms with Crippen molar-refractivity contribution in [1.29, 1.82) is 0 Å². The molecule has 0 fully saturated rings. The number of nitrogens with one attached hydrogen (secondary N) is 2. The lowest BCUT2D eigenvalue weighted by Crippen LogP contribution is -2.35. The fourth-order valence-electron chi connectivity index (χ4n) is 2.70. The van der Waals surface area contributed by atoms with Crippen LogP contribution in [0.3, 0.4) is 0 Å². The number of alkyl halides is 3. The average Bonchev–Trinajstić information content (AvgIpc) is 3.18. The Labute approximate surface area is 174 Å². The smallest absolute Gasteiger partial charge is 0.350 e. The molecule has 10 heteroatoms. The van der Waals surface area contributed by atoms with Gasteiger partial charge in [-0.15, -0.1) is 0 Å². The van der Waals surface area contributed by atoms with Gasteiger partial charge in [0.25, 0.3) is 11.8 Å². The topological polar surface area (TPSA) is 76.0 Å². The summed E-state index contributed by atoms with van der Waals surface area (Å²) >= 11 is 5.77. The maximum absolute atomic E-state index is 13.6. The molecule has 156 valence electrons. The number of halogens is 4. The Morgan fingerprint density at radius 1 is 0.933 bits per heavy atom.